The summed E-state index contributed by atoms with van der Waals surface area (Å²) < 4.78 is 18.5. The van der Waals surface area contributed by atoms with E-state index < -0.39 is 0 Å². The number of rotatable bonds is 6. The molecular weight excluding hydrogens is 207 g/mol. The Morgan fingerprint density at radius 1 is 1.50 bits per heavy atom. The van der Waals surface area contributed by atoms with Crippen LogP contribution in [0.3, 0.4) is 0 Å². The van der Waals surface area contributed by atoms with E-state index in [-0.39, 0.29) is 5.82 Å². The Labute approximate surface area is 96.0 Å². The average Bonchev–Trinajstić information content (AvgIpc) is 2.21. The highest BCUT2D eigenvalue weighted by Gasteiger charge is 2.06. The monoisotopic (exact) mass is 226 g/mol. The van der Waals surface area contributed by atoms with Crippen molar-refractivity contribution in [1.29, 1.82) is 0 Å². The predicted molar refractivity (Wildman–Crippen MR) is 61.9 cm³/mol. The van der Waals surface area contributed by atoms with Gasteiger partial charge in [0.15, 0.2) is 0 Å². The van der Waals surface area contributed by atoms with Gasteiger partial charge in [-0.05, 0) is 25.5 Å². The highest BCUT2D eigenvalue weighted by molar-refractivity contribution is 5.25. The van der Waals surface area contributed by atoms with E-state index in [1.165, 1.54) is 12.3 Å². The maximum Gasteiger partial charge on any atom is 0.218 e. The predicted octanol–water partition coefficient (Wildman–Crippen LogP) is 2.37. The molecule has 0 radical (unpaired) electrons. The number of hydrogen-bond acceptors (Lipinski definition) is 3. The van der Waals surface area contributed by atoms with Crippen LogP contribution >= 0.6 is 0 Å². The zero-order valence-corrected chi connectivity index (χ0v) is 10.1. The lowest BCUT2D eigenvalue weighted by atomic mass is 10.1. The van der Waals surface area contributed by atoms with Crippen molar-refractivity contribution in [3.05, 3.63) is 23.6 Å². The number of aromatic nitrogens is 1. The third kappa shape index (κ3) is 4.14. The molecule has 0 amide bonds. The van der Waals surface area contributed by atoms with E-state index in [4.69, 9.17) is 4.74 Å². The quantitative estimate of drug-likeness (QED) is 0.808. The van der Waals surface area contributed by atoms with Crippen LogP contribution in [-0.2, 0) is 6.54 Å². The van der Waals surface area contributed by atoms with Crippen LogP contribution in [0.2, 0.25) is 0 Å². The first-order chi connectivity index (χ1) is 7.63. The van der Waals surface area contributed by atoms with E-state index in [2.05, 4.69) is 24.1 Å². The van der Waals surface area contributed by atoms with Crippen molar-refractivity contribution in [1.82, 2.24) is 10.3 Å². The van der Waals surface area contributed by atoms with E-state index in [0.717, 1.165) is 12.0 Å². The van der Waals surface area contributed by atoms with Gasteiger partial charge in [-0.1, -0.05) is 13.8 Å². The Hall–Kier alpha value is -1.16. The van der Waals surface area contributed by atoms with Gasteiger partial charge < -0.3 is 10.1 Å². The van der Waals surface area contributed by atoms with Gasteiger partial charge in [0.25, 0.3) is 0 Å². The molecule has 0 unspecified atom stereocenters. The van der Waals surface area contributed by atoms with Gasteiger partial charge in [0, 0.05) is 12.1 Å². The minimum absolute atomic E-state index is 0.332. The number of nitrogens with one attached hydrogen (secondary N) is 1. The fourth-order valence-corrected chi connectivity index (χ4v) is 1.31. The zero-order valence-electron chi connectivity index (χ0n) is 10.1. The molecule has 0 fully saturated rings. The Kier molecular flexibility index (Phi) is 5.19. The molecule has 90 valence electrons. The Morgan fingerprint density at radius 3 is 2.88 bits per heavy atom. The van der Waals surface area contributed by atoms with Crippen LogP contribution in [0.25, 0.3) is 0 Å². The number of nitrogens with zero attached hydrogens (tertiary/aromatic N) is 1. The number of hydrogen-bond donors (Lipinski definition) is 1. The van der Waals surface area contributed by atoms with Crippen molar-refractivity contribution in [2.75, 3.05) is 13.7 Å². The minimum atomic E-state index is -0.332. The summed E-state index contributed by atoms with van der Waals surface area (Å²) >= 11 is 0. The molecular formula is C12H19FN2O. The second-order valence-corrected chi connectivity index (χ2v) is 4.18. The third-order valence-corrected chi connectivity index (χ3v) is 2.19. The first-order valence-electron chi connectivity index (χ1n) is 5.55. The van der Waals surface area contributed by atoms with Crippen molar-refractivity contribution in [3.8, 4) is 5.88 Å². The first-order valence-corrected chi connectivity index (χ1v) is 5.55. The van der Waals surface area contributed by atoms with Crippen LogP contribution in [-0.4, -0.2) is 18.6 Å². The lowest BCUT2D eigenvalue weighted by Crippen LogP contribution is -2.10. The molecule has 16 heavy (non-hydrogen) atoms. The molecule has 0 bridgehead atoms. The molecule has 1 heterocycles. The van der Waals surface area contributed by atoms with Gasteiger partial charge in [-0.25, -0.2) is 9.37 Å². The van der Waals surface area contributed by atoms with Crippen LogP contribution in [0.1, 0.15) is 25.8 Å². The molecule has 1 aromatic rings. The molecule has 3 nitrogen and oxygen atoms in total. The molecule has 0 atom stereocenters. The summed E-state index contributed by atoms with van der Waals surface area (Å²) in [7, 11) is 1.81. The van der Waals surface area contributed by atoms with Gasteiger partial charge in [-0.2, -0.15) is 0 Å². The van der Waals surface area contributed by atoms with Crippen molar-refractivity contribution >= 4 is 0 Å². The maximum atomic E-state index is 13.0. The molecule has 4 heteroatoms. The largest absolute Gasteiger partial charge is 0.477 e. The van der Waals surface area contributed by atoms with Crippen molar-refractivity contribution in [3.63, 3.8) is 0 Å². The van der Waals surface area contributed by atoms with Crippen LogP contribution in [0.4, 0.5) is 4.39 Å². The molecule has 1 N–H and O–H groups in total. The third-order valence-electron chi connectivity index (χ3n) is 2.19. The Morgan fingerprint density at radius 2 is 2.25 bits per heavy atom. The normalized spacial score (nSPS) is 10.8. The Bertz CT molecular complexity index is 329. The molecule has 0 aromatic carbocycles. The first kappa shape index (κ1) is 12.9. The molecule has 0 aliphatic rings. The van der Waals surface area contributed by atoms with Crippen molar-refractivity contribution in [2.24, 2.45) is 5.92 Å². The Balaban J connectivity index is 2.63. The summed E-state index contributed by atoms with van der Waals surface area (Å²) in [6.45, 7) is 5.45. The maximum absolute atomic E-state index is 13.0. The fourth-order valence-electron chi connectivity index (χ4n) is 1.31. The summed E-state index contributed by atoms with van der Waals surface area (Å²) in [5.41, 5.74) is 0.756. The van der Waals surface area contributed by atoms with Gasteiger partial charge in [0.05, 0.1) is 12.8 Å². The number of ether oxygens (including phenoxy) is 1. The molecule has 0 saturated heterocycles. The zero-order chi connectivity index (χ0) is 12.0. The van der Waals surface area contributed by atoms with E-state index >= 15 is 0 Å². The van der Waals surface area contributed by atoms with E-state index in [1.54, 1.807) is 0 Å². The van der Waals surface area contributed by atoms with Crippen LogP contribution < -0.4 is 10.1 Å². The van der Waals surface area contributed by atoms with Crippen molar-refractivity contribution < 1.29 is 9.13 Å². The molecule has 1 aromatic heterocycles. The van der Waals surface area contributed by atoms with Crippen LogP contribution in [0, 0.1) is 11.7 Å². The van der Waals surface area contributed by atoms with Crippen molar-refractivity contribution in [2.45, 2.75) is 26.8 Å². The lowest BCUT2D eigenvalue weighted by molar-refractivity contribution is 0.275. The van der Waals surface area contributed by atoms with Gasteiger partial charge in [0.1, 0.15) is 5.82 Å². The van der Waals surface area contributed by atoms with Gasteiger partial charge >= 0.3 is 0 Å². The van der Waals surface area contributed by atoms with Gasteiger partial charge in [-0.3, -0.25) is 0 Å². The second-order valence-electron chi connectivity index (χ2n) is 4.18. The van der Waals surface area contributed by atoms with Crippen LogP contribution in [0.15, 0.2) is 12.3 Å². The summed E-state index contributed by atoms with van der Waals surface area (Å²) in [6.07, 6.45) is 2.15. The summed E-state index contributed by atoms with van der Waals surface area (Å²) in [5.74, 6) is 0.783. The van der Waals surface area contributed by atoms with Crippen LogP contribution in [0.5, 0.6) is 5.88 Å². The molecule has 0 aliphatic carbocycles. The lowest BCUT2D eigenvalue weighted by Gasteiger charge is -2.11. The molecule has 0 saturated carbocycles. The summed E-state index contributed by atoms with van der Waals surface area (Å²) in [6, 6.07) is 1.45. The highest BCUT2D eigenvalue weighted by Crippen LogP contribution is 2.16. The van der Waals surface area contributed by atoms with E-state index in [0.29, 0.717) is 24.9 Å². The molecule has 1 rings (SSSR count). The smallest absolute Gasteiger partial charge is 0.218 e. The average molecular weight is 226 g/mol. The number of halogens is 1. The molecule has 0 aliphatic heterocycles. The fraction of sp³-hybridized carbons (Fsp3) is 0.583. The summed E-state index contributed by atoms with van der Waals surface area (Å²) in [5, 5.41) is 2.96. The van der Waals surface area contributed by atoms with Gasteiger partial charge in [-0.15, -0.1) is 0 Å². The SMILES string of the molecule is CNCc1cc(F)cnc1OCCC(C)C. The topological polar surface area (TPSA) is 34.2 Å². The standard InChI is InChI=1S/C12H19FN2O/c1-9(2)4-5-16-12-10(7-14-3)6-11(13)8-15-12/h6,8-9,14H,4-5,7H2,1-3H3. The minimum Gasteiger partial charge on any atom is -0.477 e. The second kappa shape index (κ2) is 6.43. The number of pyridine rings is 1. The van der Waals surface area contributed by atoms with Gasteiger partial charge in [0.2, 0.25) is 5.88 Å². The summed E-state index contributed by atoms with van der Waals surface area (Å²) in [4.78, 5) is 3.96. The molecule has 0 spiro atoms. The van der Waals surface area contributed by atoms with E-state index in [1.807, 2.05) is 7.05 Å². The highest BCUT2D eigenvalue weighted by atomic mass is 19.1. The van der Waals surface area contributed by atoms with E-state index in [9.17, 15) is 4.39 Å².